The molecule has 1 aromatic carbocycles. The van der Waals surface area contributed by atoms with Crippen molar-refractivity contribution < 1.29 is 49.0 Å². The van der Waals surface area contributed by atoms with Crippen LogP contribution in [0.4, 0.5) is 5.69 Å². The van der Waals surface area contributed by atoms with E-state index in [9.17, 15) is 14.7 Å². The SMILES string of the molecule is Cc1cc(Oc2ncccn2)ccc1NC(=O)[C@@H]1[C@H](C(=O)[O-])C1(C)C.[Na+]. The molecule has 0 radical (unpaired) electrons. The summed E-state index contributed by atoms with van der Waals surface area (Å²) in [6.07, 6.45) is 3.16. The largest absolute Gasteiger partial charge is 1.00 e. The number of amides is 1. The zero-order chi connectivity index (χ0) is 18.2. The van der Waals surface area contributed by atoms with Gasteiger partial charge in [-0.1, -0.05) is 13.8 Å². The Hall–Kier alpha value is -1.96. The summed E-state index contributed by atoms with van der Waals surface area (Å²) in [7, 11) is 0. The third kappa shape index (κ3) is 4.06. The van der Waals surface area contributed by atoms with E-state index in [-0.39, 0.29) is 41.5 Å². The first kappa shape index (κ1) is 20.4. The Balaban J connectivity index is 0.00000243. The molecule has 0 spiro atoms. The molecule has 1 aliphatic carbocycles. The first-order valence-corrected chi connectivity index (χ1v) is 7.88. The maximum absolute atomic E-state index is 12.4. The van der Waals surface area contributed by atoms with E-state index in [4.69, 9.17) is 4.74 Å². The van der Waals surface area contributed by atoms with Crippen LogP contribution in [0.15, 0.2) is 36.7 Å². The maximum atomic E-state index is 12.4. The molecule has 1 aromatic heterocycles. The summed E-state index contributed by atoms with van der Waals surface area (Å²) in [4.78, 5) is 31.5. The van der Waals surface area contributed by atoms with Crippen molar-refractivity contribution in [3.8, 4) is 11.8 Å². The van der Waals surface area contributed by atoms with E-state index >= 15 is 0 Å². The average molecular weight is 363 g/mol. The first-order valence-electron chi connectivity index (χ1n) is 7.88. The number of carbonyl (C=O) groups is 2. The van der Waals surface area contributed by atoms with Gasteiger partial charge in [0.15, 0.2) is 0 Å². The Morgan fingerprint density at radius 3 is 2.38 bits per heavy atom. The van der Waals surface area contributed by atoms with Gasteiger partial charge in [0, 0.05) is 30.0 Å². The summed E-state index contributed by atoms with van der Waals surface area (Å²) in [6.45, 7) is 5.32. The zero-order valence-electron chi connectivity index (χ0n) is 15.1. The molecule has 1 aliphatic rings. The average Bonchev–Trinajstić information content (AvgIpc) is 3.14. The van der Waals surface area contributed by atoms with Crippen LogP contribution in [0.5, 0.6) is 11.8 Å². The number of aliphatic carboxylic acids is 1. The molecule has 0 unspecified atom stereocenters. The van der Waals surface area contributed by atoms with Crippen molar-refractivity contribution in [3.63, 3.8) is 0 Å². The van der Waals surface area contributed by atoms with E-state index < -0.39 is 23.2 Å². The molecule has 130 valence electrons. The third-order valence-electron chi connectivity index (χ3n) is 4.57. The molecule has 1 heterocycles. The molecule has 0 saturated heterocycles. The van der Waals surface area contributed by atoms with Crippen LogP contribution >= 0.6 is 0 Å². The molecule has 2 atom stereocenters. The molecule has 1 N–H and O–H groups in total. The van der Waals surface area contributed by atoms with Crippen LogP contribution in [-0.4, -0.2) is 21.8 Å². The second-order valence-corrected chi connectivity index (χ2v) is 6.70. The summed E-state index contributed by atoms with van der Waals surface area (Å²) in [6, 6.07) is 7.06. The van der Waals surface area contributed by atoms with E-state index in [2.05, 4.69) is 15.3 Å². The van der Waals surface area contributed by atoms with Crippen molar-refractivity contribution in [2.45, 2.75) is 20.8 Å². The number of rotatable bonds is 5. The number of aryl methyl sites for hydroxylation is 1. The van der Waals surface area contributed by atoms with E-state index in [0.29, 0.717) is 11.4 Å². The van der Waals surface area contributed by atoms with Crippen molar-refractivity contribution in [2.24, 2.45) is 17.3 Å². The van der Waals surface area contributed by atoms with Gasteiger partial charge in [-0.3, -0.25) is 4.79 Å². The van der Waals surface area contributed by atoms with Crippen LogP contribution < -0.4 is 44.7 Å². The number of carboxylic acids is 1. The number of nitrogens with one attached hydrogen (secondary N) is 1. The van der Waals surface area contributed by atoms with Crippen molar-refractivity contribution in [3.05, 3.63) is 42.2 Å². The van der Waals surface area contributed by atoms with Gasteiger partial charge in [-0.05, 0) is 42.2 Å². The van der Waals surface area contributed by atoms with E-state index in [1.807, 2.05) is 6.92 Å². The molecule has 1 amide bonds. The van der Waals surface area contributed by atoms with E-state index in [1.54, 1.807) is 50.5 Å². The molecule has 1 saturated carbocycles. The number of carboxylic acid groups (broad SMARTS) is 1. The molecule has 0 aliphatic heterocycles. The zero-order valence-corrected chi connectivity index (χ0v) is 17.1. The van der Waals surface area contributed by atoms with Crippen LogP contribution in [0.25, 0.3) is 0 Å². The number of benzene rings is 1. The topological polar surface area (TPSA) is 104 Å². The van der Waals surface area contributed by atoms with Crippen LogP contribution in [0.1, 0.15) is 19.4 Å². The fraction of sp³-hybridized carbons (Fsp3) is 0.333. The second kappa shape index (κ2) is 7.73. The fourth-order valence-electron chi connectivity index (χ4n) is 3.06. The summed E-state index contributed by atoms with van der Waals surface area (Å²) in [5.74, 6) is -2.31. The van der Waals surface area contributed by atoms with Gasteiger partial charge < -0.3 is 20.0 Å². The molecule has 7 nitrogen and oxygen atoms in total. The van der Waals surface area contributed by atoms with Gasteiger partial charge in [-0.25, -0.2) is 9.97 Å². The Kier molecular flexibility index (Phi) is 6.05. The quantitative estimate of drug-likeness (QED) is 0.652. The van der Waals surface area contributed by atoms with Crippen LogP contribution in [0, 0.1) is 24.2 Å². The van der Waals surface area contributed by atoms with Crippen LogP contribution in [0.3, 0.4) is 0 Å². The molecule has 3 rings (SSSR count). The summed E-state index contributed by atoms with van der Waals surface area (Å²) >= 11 is 0. The number of aromatic nitrogens is 2. The summed E-state index contributed by atoms with van der Waals surface area (Å²) < 4.78 is 5.54. The van der Waals surface area contributed by atoms with Crippen molar-refractivity contribution in [1.29, 1.82) is 0 Å². The van der Waals surface area contributed by atoms with Crippen molar-refractivity contribution in [2.75, 3.05) is 5.32 Å². The van der Waals surface area contributed by atoms with Gasteiger partial charge in [0.25, 0.3) is 0 Å². The third-order valence-corrected chi connectivity index (χ3v) is 4.57. The van der Waals surface area contributed by atoms with E-state index in [0.717, 1.165) is 5.56 Å². The molecular formula is C18H18N3NaO4. The molecular weight excluding hydrogens is 345 g/mol. The first-order chi connectivity index (χ1) is 11.8. The van der Waals surface area contributed by atoms with Gasteiger partial charge in [0.1, 0.15) is 5.75 Å². The number of hydrogen-bond acceptors (Lipinski definition) is 6. The number of carbonyl (C=O) groups excluding carboxylic acids is 2. The van der Waals surface area contributed by atoms with Crippen LogP contribution in [0.2, 0.25) is 0 Å². The van der Waals surface area contributed by atoms with Gasteiger partial charge in [0.2, 0.25) is 5.91 Å². The normalized spacial score (nSPS) is 19.8. The number of ether oxygens (including phenoxy) is 1. The van der Waals surface area contributed by atoms with Crippen LogP contribution in [-0.2, 0) is 9.59 Å². The van der Waals surface area contributed by atoms with Gasteiger partial charge in [0.05, 0.1) is 5.92 Å². The standard InChI is InChI=1S/C18H19N3O4.Na/c1-10-9-11(25-17-19-7-4-8-20-17)5-6-12(10)21-15(22)13-14(16(23)24)18(13,2)3;/h4-9,13-14H,1-3H3,(H,21,22)(H,23,24);/q;+1/p-1/t13-,14+;/m0./s1. The number of anilines is 1. The summed E-state index contributed by atoms with van der Waals surface area (Å²) in [5.41, 5.74) is 0.793. The van der Waals surface area contributed by atoms with Gasteiger partial charge in [-0.15, -0.1) is 0 Å². The van der Waals surface area contributed by atoms with Crippen molar-refractivity contribution in [1.82, 2.24) is 9.97 Å². The Morgan fingerprint density at radius 2 is 1.85 bits per heavy atom. The monoisotopic (exact) mass is 363 g/mol. The minimum atomic E-state index is -1.19. The molecule has 2 aromatic rings. The van der Waals surface area contributed by atoms with Gasteiger partial charge >= 0.3 is 35.6 Å². The molecule has 1 fully saturated rings. The molecule has 8 heteroatoms. The summed E-state index contributed by atoms with van der Waals surface area (Å²) in [5, 5.41) is 13.9. The van der Waals surface area contributed by atoms with Crippen molar-refractivity contribution >= 4 is 17.6 Å². The molecule has 26 heavy (non-hydrogen) atoms. The Morgan fingerprint density at radius 1 is 1.19 bits per heavy atom. The maximum Gasteiger partial charge on any atom is 1.00 e. The predicted molar refractivity (Wildman–Crippen MR) is 87.7 cm³/mol. The second-order valence-electron chi connectivity index (χ2n) is 6.70. The minimum Gasteiger partial charge on any atom is -0.550 e. The predicted octanol–water partition coefficient (Wildman–Crippen LogP) is -1.46. The number of nitrogens with zero attached hydrogens (tertiary/aromatic N) is 2. The fourth-order valence-corrected chi connectivity index (χ4v) is 3.06. The Bertz CT molecular complexity index is 826. The van der Waals surface area contributed by atoms with Gasteiger partial charge in [-0.2, -0.15) is 0 Å². The number of hydrogen-bond donors (Lipinski definition) is 1. The smallest absolute Gasteiger partial charge is 0.550 e. The molecule has 0 bridgehead atoms. The Labute approximate surface area is 173 Å². The minimum absolute atomic E-state index is 0. The van der Waals surface area contributed by atoms with E-state index in [1.165, 1.54) is 0 Å².